The van der Waals surface area contributed by atoms with Gasteiger partial charge in [-0.15, -0.1) is 0 Å². The van der Waals surface area contributed by atoms with Crippen LogP contribution in [0.3, 0.4) is 0 Å². The summed E-state index contributed by atoms with van der Waals surface area (Å²) in [5, 5.41) is 10.7. The second kappa shape index (κ2) is 7.25. The highest BCUT2D eigenvalue weighted by atomic mass is 16.6. The molecule has 0 atom stereocenters. The number of ether oxygens (including phenoxy) is 2. The van der Waals surface area contributed by atoms with Crippen LogP contribution in [0.2, 0.25) is 0 Å². The highest BCUT2D eigenvalue weighted by molar-refractivity contribution is 5.52. The molecular formula is C15H16N2O4. The van der Waals surface area contributed by atoms with E-state index in [1.807, 2.05) is 30.3 Å². The van der Waals surface area contributed by atoms with Gasteiger partial charge < -0.3 is 15.2 Å². The molecule has 0 aliphatic heterocycles. The maximum Gasteiger partial charge on any atom is 0.269 e. The Bertz CT molecular complexity index is 602. The molecule has 0 saturated carbocycles. The van der Waals surface area contributed by atoms with Crippen molar-refractivity contribution >= 4 is 11.4 Å². The fraction of sp³-hybridized carbons (Fsp3) is 0.200. The number of non-ortho nitro benzene ring substituents is 1. The molecule has 2 N–H and O–H groups in total. The molecule has 0 bridgehead atoms. The van der Waals surface area contributed by atoms with Crippen molar-refractivity contribution in [2.75, 3.05) is 18.9 Å². The van der Waals surface area contributed by atoms with Gasteiger partial charge in [-0.05, 0) is 18.2 Å². The third-order valence-electron chi connectivity index (χ3n) is 2.83. The average Bonchev–Trinajstić information content (AvgIpc) is 2.49. The zero-order valence-electron chi connectivity index (χ0n) is 11.4. The molecule has 6 nitrogen and oxygen atoms in total. The van der Waals surface area contributed by atoms with Crippen molar-refractivity contribution in [2.45, 2.75) is 6.61 Å². The maximum absolute atomic E-state index is 10.7. The monoisotopic (exact) mass is 288 g/mol. The number of benzene rings is 2. The molecule has 0 radical (unpaired) electrons. The van der Waals surface area contributed by atoms with E-state index >= 15 is 0 Å². The van der Waals surface area contributed by atoms with Crippen LogP contribution >= 0.6 is 0 Å². The van der Waals surface area contributed by atoms with Gasteiger partial charge in [0.15, 0.2) is 0 Å². The predicted molar refractivity (Wildman–Crippen MR) is 79.1 cm³/mol. The molecule has 0 aromatic heterocycles. The fourth-order valence-corrected chi connectivity index (χ4v) is 1.75. The molecule has 0 aliphatic rings. The number of nitrogens with two attached hydrogens (primary N) is 1. The van der Waals surface area contributed by atoms with E-state index in [4.69, 9.17) is 15.2 Å². The molecular weight excluding hydrogens is 272 g/mol. The van der Waals surface area contributed by atoms with Crippen LogP contribution in [0.1, 0.15) is 5.56 Å². The summed E-state index contributed by atoms with van der Waals surface area (Å²) in [5.41, 5.74) is 6.84. The van der Waals surface area contributed by atoms with Gasteiger partial charge in [0.2, 0.25) is 0 Å². The summed E-state index contributed by atoms with van der Waals surface area (Å²) < 4.78 is 10.9. The molecule has 6 heteroatoms. The Labute approximate surface area is 122 Å². The largest absolute Gasteiger partial charge is 0.491 e. The van der Waals surface area contributed by atoms with Gasteiger partial charge in [0.1, 0.15) is 12.4 Å². The number of nitro groups is 1. The topological polar surface area (TPSA) is 87.6 Å². The molecule has 0 fully saturated rings. The molecule has 0 amide bonds. The van der Waals surface area contributed by atoms with Gasteiger partial charge in [0.25, 0.3) is 5.69 Å². The lowest BCUT2D eigenvalue weighted by molar-refractivity contribution is -0.384. The van der Waals surface area contributed by atoms with Crippen LogP contribution in [0.15, 0.2) is 48.5 Å². The SMILES string of the molecule is Nc1ccc([N+](=O)[O-])cc1COCCOc1ccccc1. The summed E-state index contributed by atoms with van der Waals surface area (Å²) in [7, 11) is 0. The first-order chi connectivity index (χ1) is 10.2. The van der Waals surface area contributed by atoms with Crippen molar-refractivity contribution in [2.24, 2.45) is 0 Å². The van der Waals surface area contributed by atoms with Crippen molar-refractivity contribution in [3.63, 3.8) is 0 Å². The lowest BCUT2D eigenvalue weighted by Gasteiger charge is -2.08. The maximum atomic E-state index is 10.7. The van der Waals surface area contributed by atoms with Gasteiger partial charge >= 0.3 is 0 Å². The van der Waals surface area contributed by atoms with Crippen LogP contribution < -0.4 is 10.5 Å². The van der Waals surface area contributed by atoms with E-state index in [1.165, 1.54) is 18.2 Å². The smallest absolute Gasteiger partial charge is 0.269 e. The van der Waals surface area contributed by atoms with Crippen molar-refractivity contribution in [1.82, 2.24) is 0 Å². The van der Waals surface area contributed by atoms with E-state index < -0.39 is 4.92 Å². The van der Waals surface area contributed by atoms with Crippen LogP contribution in [0.5, 0.6) is 5.75 Å². The second-order valence-electron chi connectivity index (χ2n) is 4.35. The van der Waals surface area contributed by atoms with Gasteiger partial charge in [0.05, 0.1) is 18.1 Å². The summed E-state index contributed by atoms with van der Waals surface area (Å²) in [5.74, 6) is 0.774. The molecule has 2 aromatic rings. The number of hydrogen-bond acceptors (Lipinski definition) is 5. The van der Waals surface area contributed by atoms with E-state index in [2.05, 4.69) is 0 Å². The second-order valence-corrected chi connectivity index (χ2v) is 4.35. The number of nitro benzene ring substituents is 1. The van der Waals surface area contributed by atoms with Gasteiger partial charge in [0, 0.05) is 23.4 Å². The number of hydrogen-bond donors (Lipinski definition) is 1. The molecule has 110 valence electrons. The van der Waals surface area contributed by atoms with E-state index in [-0.39, 0.29) is 12.3 Å². The number of nitrogens with zero attached hydrogens (tertiary/aromatic N) is 1. The third-order valence-corrected chi connectivity index (χ3v) is 2.83. The first-order valence-corrected chi connectivity index (χ1v) is 6.45. The van der Waals surface area contributed by atoms with Gasteiger partial charge in [-0.3, -0.25) is 10.1 Å². The fourth-order valence-electron chi connectivity index (χ4n) is 1.75. The van der Waals surface area contributed by atoms with E-state index in [1.54, 1.807) is 0 Å². The van der Waals surface area contributed by atoms with Crippen LogP contribution in [-0.4, -0.2) is 18.1 Å². The minimum absolute atomic E-state index is 0.00309. The first kappa shape index (κ1) is 14.8. The Hall–Kier alpha value is -2.60. The van der Waals surface area contributed by atoms with Crippen LogP contribution in [0.4, 0.5) is 11.4 Å². The third kappa shape index (κ3) is 4.47. The van der Waals surface area contributed by atoms with Gasteiger partial charge in [-0.25, -0.2) is 0 Å². The first-order valence-electron chi connectivity index (χ1n) is 6.45. The number of anilines is 1. The minimum Gasteiger partial charge on any atom is -0.491 e. The minimum atomic E-state index is -0.457. The molecule has 21 heavy (non-hydrogen) atoms. The Balaban J connectivity index is 1.78. The van der Waals surface area contributed by atoms with E-state index in [0.29, 0.717) is 24.5 Å². The normalized spacial score (nSPS) is 10.3. The zero-order chi connectivity index (χ0) is 15.1. The average molecular weight is 288 g/mol. The molecule has 0 saturated heterocycles. The van der Waals surface area contributed by atoms with Crippen LogP contribution in [-0.2, 0) is 11.3 Å². The summed E-state index contributed by atoms with van der Waals surface area (Å²) >= 11 is 0. The number of rotatable bonds is 7. The molecule has 0 spiro atoms. The summed E-state index contributed by atoms with van der Waals surface area (Å²) in [6.07, 6.45) is 0. The van der Waals surface area contributed by atoms with Crippen molar-refractivity contribution in [3.8, 4) is 5.75 Å². The highest BCUT2D eigenvalue weighted by Gasteiger charge is 2.09. The van der Waals surface area contributed by atoms with Crippen LogP contribution in [0, 0.1) is 10.1 Å². The highest BCUT2D eigenvalue weighted by Crippen LogP contribution is 2.20. The summed E-state index contributed by atoms with van der Waals surface area (Å²) in [4.78, 5) is 10.2. The van der Waals surface area contributed by atoms with Gasteiger partial charge in [-0.2, -0.15) is 0 Å². The lowest BCUT2D eigenvalue weighted by atomic mass is 10.2. The molecule has 2 rings (SSSR count). The number of para-hydroxylation sites is 1. The van der Waals surface area contributed by atoms with Crippen molar-refractivity contribution < 1.29 is 14.4 Å². The van der Waals surface area contributed by atoms with E-state index in [9.17, 15) is 10.1 Å². The summed E-state index contributed by atoms with van der Waals surface area (Å²) in [6, 6.07) is 13.7. The van der Waals surface area contributed by atoms with Crippen molar-refractivity contribution in [1.29, 1.82) is 0 Å². The summed E-state index contributed by atoms with van der Waals surface area (Å²) in [6.45, 7) is 0.988. The van der Waals surface area contributed by atoms with Crippen molar-refractivity contribution in [3.05, 3.63) is 64.2 Å². The zero-order valence-corrected chi connectivity index (χ0v) is 11.4. The Morgan fingerprint density at radius 3 is 2.57 bits per heavy atom. The Morgan fingerprint density at radius 2 is 1.86 bits per heavy atom. The Kier molecular flexibility index (Phi) is 5.11. The lowest BCUT2D eigenvalue weighted by Crippen LogP contribution is -2.07. The predicted octanol–water partition coefficient (Wildman–Crippen LogP) is 2.77. The Morgan fingerprint density at radius 1 is 1.10 bits per heavy atom. The molecule has 0 heterocycles. The molecule has 0 unspecified atom stereocenters. The van der Waals surface area contributed by atoms with E-state index in [0.717, 1.165) is 5.75 Å². The number of nitrogen functional groups attached to an aromatic ring is 1. The molecule has 0 aliphatic carbocycles. The quantitative estimate of drug-likeness (QED) is 0.366. The van der Waals surface area contributed by atoms with Gasteiger partial charge in [-0.1, -0.05) is 18.2 Å². The molecule has 2 aromatic carbocycles. The van der Waals surface area contributed by atoms with Crippen LogP contribution in [0.25, 0.3) is 0 Å². The standard InChI is InChI=1S/C15H16N2O4/c16-15-7-6-13(17(18)19)10-12(15)11-20-8-9-21-14-4-2-1-3-5-14/h1-7,10H,8-9,11,16H2.